The Morgan fingerprint density at radius 2 is 1.00 bits per heavy atom. The zero-order chi connectivity index (χ0) is 27.4. The molecule has 0 aliphatic carbocycles. The van der Waals surface area contributed by atoms with Gasteiger partial charge in [-0.3, -0.25) is 0 Å². The third kappa shape index (κ3) is 7.68. The van der Waals surface area contributed by atoms with Gasteiger partial charge in [0.2, 0.25) is 11.4 Å². The molecule has 0 spiro atoms. The average Bonchev–Trinajstić information content (AvgIpc) is 3.02. The largest absolute Gasteiger partial charge is 0.489 e. The van der Waals surface area contributed by atoms with Gasteiger partial charge in [0.05, 0.1) is 0 Å². The van der Waals surface area contributed by atoms with Gasteiger partial charge in [0, 0.05) is 24.3 Å². The molecule has 0 fully saturated rings. The van der Waals surface area contributed by atoms with Crippen molar-refractivity contribution in [2.24, 2.45) is 0 Å². The van der Waals surface area contributed by atoms with Crippen LogP contribution in [0.4, 0.5) is 0 Å². The predicted octanol–water partition coefficient (Wildman–Crippen LogP) is 8.70. The summed E-state index contributed by atoms with van der Waals surface area (Å²) in [5.41, 5.74) is 8.62. The first-order valence-electron chi connectivity index (χ1n) is 14.1. The van der Waals surface area contributed by atoms with Gasteiger partial charge < -0.3 is 4.74 Å². The van der Waals surface area contributed by atoms with Gasteiger partial charge in [0.25, 0.3) is 0 Å². The van der Waals surface area contributed by atoms with Crippen molar-refractivity contribution in [3.8, 4) is 5.75 Å². The highest BCUT2D eigenvalue weighted by Gasteiger charge is 2.10. The molecule has 0 unspecified atom stereocenters. The summed E-state index contributed by atoms with van der Waals surface area (Å²) >= 11 is 0. The van der Waals surface area contributed by atoms with Crippen LogP contribution in [-0.2, 0) is 26.0 Å². The summed E-state index contributed by atoms with van der Waals surface area (Å²) < 4.78 is 8.26. The molecule has 0 radical (unpaired) electrons. The van der Waals surface area contributed by atoms with E-state index in [1.165, 1.54) is 33.6 Å². The molecule has 0 atom stereocenters. The second kappa shape index (κ2) is 13.9. The van der Waals surface area contributed by atoms with Gasteiger partial charge in [0.15, 0.2) is 0 Å². The summed E-state index contributed by atoms with van der Waals surface area (Å²) in [6.45, 7) is 3.66. The van der Waals surface area contributed by atoms with E-state index in [0.717, 1.165) is 30.7 Å². The second-order valence-corrected chi connectivity index (χ2v) is 9.86. The molecule has 0 aliphatic heterocycles. The van der Waals surface area contributed by atoms with E-state index in [1.54, 1.807) is 0 Å². The molecule has 0 bridgehead atoms. The van der Waals surface area contributed by atoms with E-state index in [2.05, 4.69) is 133 Å². The van der Waals surface area contributed by atoms with Crippen molar-refractivity contribution in [3.05, 3.63) is 167 Å². The molecule has 0 saturated heterocycles. The molecule has 5 aromatic rings. The van der Waals surface area contributed by atoms with Crippen LogP contribution < -0.4 is 9.30 Å². The van der Waals surface area contributed by atoms with E-state index >= 15 is 0 Å². The topological polar surface area (TPSA) is 13.1 Å². The number of pyridine rings is 1. The van der Waals surface area contributed by atoms with Gasteiger partial charge in [0.1, 0.15) is 18.9 Å². The number of rotatable bonds is 11. The zero-order valence-electron chi connectivity index (χ0n) is 23.1. The third-order valence-electron chi connectivity index (χ3n) is 7.02. The summed E-state index contributed by atoms with van der Waals surface area (Å²) in [6, 6.07) is 44.5. The SMILES string of the molecule is CC[n+]1c(/C=C/c2ccc(CCc3ccccc3)cc2)cccc1/C=C/c1ccc(OCc2ccccc2)cc1. The molecule has 198 valence electrons. The van der Waals surface area contributed by atoms with Gasteiger partial charge in [-0.2, -0.15) is 4.57 Å². The number of nitrogens with zero attached hydrogens (tertiary/aromatic N) is 1. The highest BCUT2D eigenvalue weighted by atomic mass is 16.5. The van der Waals surface area contributed by atoms with Crippen LogP contribution in [0.2, 0.25) is 0 Å². The van der Waals surface area contributed by atoms with Crippen LogP contribution >= 0.6 is 0 Å². The smallest absolute Gasteiger partial charge is 0.205 e. The minimum absolute atomic E-state index is 0.575. The van der Waals surface area contributed by atoms with Crippen molar-refractivity contribution in [1.82, 2.24) is 0 Å². The molecule has 0 saturated carbocycles. The summed E-state index contributed by atoms with van der Waals surface area (Å²) in [4.78, 5) is 0. The molecule has 1 aromatic heterocycles. The molecule has 0 N–H and O–H groups in total. The number of aryl methyl sites for hydroxylation is 2. The van der Waals surface area contributed by atoms with Crippen molar-refractivity contribution in [2.45, 2.75) is 32.9 Å². The van der Waals surface area contributed by atoms with Crippen molar-refractivity contribution in [2.75, 3.05) is 0 Å². The molecule has 0 aliphatic rings. The second-order valence-electron chi connectivity index (χ2n) is 9.86. The lowest BCUT2D eigenvalue weighted by Gasteiger charge is -2.06. The standard InChI is InChI=1S/C38H36NO/c1-2-39-36(26-22-33-20-18-32(19-21-33)17-16-31-10-5-3-6-11-31)14-9-15-37(39)27-23-34-24-28-38(29-25-34)40-30-35-12-7-4-8-13-35/h3-15,18-29H,2,16-17,30H2,1H3/q+1/b26-22+,27-23+. The van der Waals surface area contributed by atoms with Crippen LogP contribution in [0.5, 0.6) is 5.75 Å². The van der Waals surface area contributed by atoms with E-state index in [-0.39, 0.29) is 0 Å². The summed E-state index contributed by atoms with van der Waals surface area (Å²) in [6.07, 6.45) is 10.9. The van der Waals surface area contributed by atoms with E-state index in [1.807, 2.05) is 30.3 Å². The Morgan fingerprint density at radius 3 is 1.55 bits per heavy atom. The Kier molecular flexibility index (Phi) is 9.36. The van der Waals surface area contributed by atoms with Crippen molar-refractivity contribution in [1.29, 1.82) is 0 Å². The first-order chi connectivity index (χ1) is 19.8. The fourth-order valence-electron chi connectivity index (χ4n) is 4.74. The van der Waals surface area contributed by atoms with E-state index in [4.69, 9.17) is 4.74 Å². The summed E-state index contributed by atoms with van der Waals surface area (Å²) in [5.74, 6) is 0.876. The molecule has 2 heteroatoms. The maximum atomic E-state index is 5.93. The Labute approximate surface area is 238 Å². The van der Waals surface area contributed by atoms with Gasteiger partial charge in [-0.15, -0.1) is 0 Å². The first-order valence-corrected chi connectivity index (χ1v) is 14.1. The maximum absolute atomic E-state index is 5.93. The number of aromatic nitrogens is 1. The zero-order valence-corrected chi connectivity index (χ0v) is 23.1. The number of hydrogen-bond donors (Lipinski definition) is 0. The van der Waals surface area contributed by atoms with Crippen LogP contribution in [-0.4, -0.2) is 0 Å². The lowest BCUT2D eigenvalue weighted by atomic mass is 10.0. The van der Waals surface area contributed by atoms with E-state index in [9.17, 15) is 0 Å². The van der Waals surface area contributed by atoms with Gasteiger partial charge in [-0.1, -0.05) is 97.1 Å². The van der Waals surface area contributed by atoms with Crippen LogP contribution in [0.25, 0.3) is 24.3 Å². The van der Waals surface area contributed by atoms with Gasteiger partial charge in [-0.05, 0) is 77.9 Å². The predicted molar refractivity (Wildman–Crippen MR) is 168 cm³/mol. The Morgan fingerprint density at radius 1 is 0.500 bits per heavy atom. The molecule has 0 amide bonds. The fraction of sp³-hybridized carbons (Fsp3) is 0.132. The quantitative estimate of drug-likeness (QED) is 0.158. The Balaban J connectivity index is 1.21. The minimum atomic E-state index is 0.575. The molecular formula is C38H36NO+. The lowest BCUT2D eigenvalue weighted by molar-refractivity contribution is -0.696. The lowest BCUT2D eigenvalue weighted by Crippen LogP contribution is -2.38. The monoisotopic (exact) mass is 522 g/mol. The van der Waals surface area contributed by atoms with Crippen LogP contribution in [0.1, 0.15) is 46.1 Å². The van der Waals surface area contributed by atoms with Crippen LogP contribution in [0, 0.1) is 0 Å². The molecule has 2 nitrogen and oxygen atoms in total. The Hall–Kier alpha value is -4.69. The summed E-state index contributed by atoms with van der Waals surface area (Å²) in [7, 11) is 0. The van der Waals surface area contributed by atoms with Crippen LogP contribution in [0.3, 0.4) is 0 Å². The third-order valence-corrected chi connectivity index (χ3v) is 7.02. The molecule has 1 heterocycles. The molecule has 5 rings (SSSR count). The van der Waals surface area contributed by atoms with Gasteiger partial charge in [-0.25, -0.2) is 0 Å². The van der Waals surface area contributed by atoms with Crippen molar-refractivity contribution < 1.29 is 9.30 Å². The number of ether oxygens (including phenoxy) is 1. The van der Waals surface area contributed by atoms with E-state index in [0.29, 0.717) is 6.61 Å². The fourth-order valence-corrected chi connectivity index (χ4v) is 4.74. The van der Waals surface area contributed by atoms with Gasteiger partial charge >= 0.3 is 0 Å². The Bertz CT molecular complexity index is 1420. The normalized spacial score (nSPS) is 11.3. The van der Waals surface area contributed by atoms with Crippen LogP contribution in [0.15, 0.2) is 127 Å². The molecular weight excluding hydrogens is 486 g/mol. The minimum Gasteiger partial charge on any atom is -0.489 e. The maximum Gasteiger partial charge on any atom is 0.205 e. The first kappa shape index (κ1) is 26.9. The molecule has 4 aromatic carbocycles. The summed E-state index contributed by atoms with van der Waals surface area (Å²) in [5, 5.41) is 0. The van der Waals surface area contributed by atoms with Crippen molar-refractivity contribution >= 4 is 24.3 Å². The van der Waals surface area contributed by atoms with E-state index < -0.39 is 0 Å². The highest BCUT2D eigenvalue weighted by Crippen LogP contribution is 2.17. The highest BCUT2D eigenvalue weighted by molar-refractivity contribution is 5.69. The number of hydrogen-bond acceptors (Lipinski definition) is 1. The molecule has 40 heavy (non-hydrogen) atoms. The average molecular weight is 523 g/mol. The van der Waals surface area contributed by atoms with Crippen molar-refractivity contribution in [3.63, 3.8) is 0 Å². The number of benzene rings is 4.